The van der Waals surface area contributed by atoms with E-state index in [0.29, 0.717) is 0 Å². The molecule has 0 amide bonds. The maximum absolute atomic E-state index is 10.7. The second kappa shape index (κ2) is 2.44. The molecule has 46 valence electrons. The summed E-state index contributed by atoms with van der Waals surface area (Å²) in [5.74, 6) is 0.872. The molecule has 1 atom stereocenters. The Morgan fingerprint density at radius 1 is 1.75 bits per heavy atom. The van der Waals surface area contributed by atoms with Crippen LogP contribution in [0.4, 0.5) is 0 Å². The Labute approximate surface area is 52.2 Å². The second-order valence-corrected chi connectivity index (χ2v) is 3.56. The van der Waals surface area contributed by atoms with Crippen LogP contribution in [0.1, 0.15) is 19.8 Å². The van der Waals surface area contributed by atoms with Crippen LogP contribution in [0.25, 0.3) is 0 Å². The fourth-order valence-corrected chi connectivity index (χ4v) is 1.95. The van der Waals surface area contributed by atoms with Gasteiger partial charge in [0, 0.05) is 22.0 Å². The zero-order chi connectivity index (χ0) is 5.98. The smallest absolute Gasteiger partial charge is 0.0455 e. The molecule has 0 saturated carbocycles. The van der Waals surface area contributed by atoms with Crippen LogP contribution in [0.15, 0.2) is 11.0 Å². The van der Waals surface area contributed by atoms with Gasteiger partial charge in [0.25, 0.3) is 0 Å². The first-order valence-electron chi connectivity index (χ1n) is 2.83. The third-order valence-corrected chi connectivity index (χ3v) is 2.61. The predicted molar refractivity (Wildman–Crippen MR) is 36.0 cm³/mol. The van der Waals surface area contributed by atoms with E-state index in [1.165, 1.54) is 5.57 Å². The lowest BCUT2D eigenvalue weighted by Gasteiger charge is -2.05. The summed E-state index contributed by atoms with van der Waals surface area (Å²) in [5, 5.41) is 1.86. The zero-order valence-corrected chi connectivity index (χ0v) is 5.83. The third-order valence-electron chi connectivity index (χ3n) is 1.25. The second-order valence-electron chi connectivity index (χ2n) is 2.15. The summed E-state index contributed by atoms with van der Waals surface area (Å²) in [6, 6.07) is 0. The molecule has 0 N–H and O–H groups in total. The van der Waals surface area contributed by atoms with Crippen molar-refractivity contribution in [1.82, 2.24) is 0 Å². The first-order valence-corrected chi connectivity index (χ1v) is 4.22. The number of hydrogen-bond acceptors (Lipinski definition) is 1. The van der Waals surface area contributed by atoms with Gasteiger partial charge in [-0.25, -0.2) is 0 Å². The number of rotatable bonds is 0. The van der Waals surface area contributed by atoms with Gasteiger partial charge in [-0.05, 0) is 19.8 Å². The van der Waals surface area contributed by atoms with Crippen molar-refractivity contribution in [3.05, 3.63) is 11.0 Å². The molecule has 1 aliphatic heterocycles. The average molecular weight is 130 g/mol. The Morgan fingerprint density at radius 3 is 2.88 bits per heavy atom. The highest BCUT2D eigenvalue weighted by molar-refractivity contribution is 7.88. The topological polar surface area (TPSA) is 17.1 Å². The summed E-state index contributed by atoms with van der Waals surface area (Å²) in [6.07, 6.45) is 2.25. The van der Waals surface area contributed by atoms with Gasteiger partial charge in [-0.3, -0.25) is 4.21 Å². The highest BCUT2D eigenvalue weighted by atomic mass is 32.2. The van der Waals surface area contributed by atoms with Gasteiger partial charge in [0.05, 0.1) is 0 Å². The Kier molecular flexibility index (Phi) is 1.84. The van der Waals surface area contributed by atoms with Gasteiger partial charge >= 0.3 is 0 Å². The van der Waals surface area contributed by atoms with Crippen molar-refractivity contribution in [1.29, 1.82) is 0 Å². The molecule has 0 saturated heterocycles. The number of allylic oxidation sites excluding steroid dienone is 1. The number of hydrogen-bond donors (Lipinski definition) is 0. The molecule has 0 fully saturated rings. The standard InChI is InChI=1S/C6H10OS/c1-6-3-2-4-8(7)5-6/h5H,2-4H2,1H3. The molecule has 0 bridgehead atoms. The van der Waals surface area contributed by atoms with Crippen LogP contribution >= 0.6 is 0 Å². The largest absolute Gasteiger partial charge is 0.255 e. The molecule has 0 aromatic rings. The van der Waals surface area contributed by atoms with E-state index < -0.39 is 10.8 Å². The molecule has 1 heterocycles. The lowest BCUT2D eigenvalue weighted by Crippen LogP contribution is -2.00. The van der Waals surface area contributed by atoms with Gasteiger partial charge in [0.2, 0.25) is 0 Å². The molecule has 8 heavy (non-hydrogen) atoms. The fourth-order valence-electron chi connectivity index (χ4n) is 0.836. The molecule has 0 aromatic heterocycles. The van der Waals surface area contributed by atoms with Crippen molar-refractivity contribution >= 4 is 10.8 Å². The lowest BCUT2D eigenvalue weighted by atomic mass is 10.2. The van der Waals surface area contributed by atoms with E-state index in [2.05, 4.69) is 0 Å². The minimum atomic E-state index is -0.632. The van der Waals surface area contributed by atoms with E-state index in [0.717, 1.165) is 18.6 Å². The molecule has 0 aromatic carbocycles. The predicted octanol–water partition coefficient (Wildman–Crippen LogP) is 1.43. The Bertz CT molecular complexity index is 137. The van der Waals surface area contributed by atoms with Crippen LogP contribution in [0.2, 0.25) is 0 Å². The first-order chi connectivity index (χ1) is 3.79. The summed E-state index contributed by atoms with van der Waals surface area (Å²) >= 11 is 0. The van der Waals surface area contributed by atoms with Crippen molar-refractivity contribution in [2.45, 2.75) is 19.8 Å². The minimum Gasteiger partial charge on any atom is -0.255 e. The van der Waals surface area contributed by atoms with Gasteiger partial charge in [0.1, 0.15) is 0 Å². The Balaban J connectivity index is 2.64. The lowest BCUT2D eigenvalue weighted by molar-refractivity contribution is 0.683. The molecule has 0 aliphatic carbocycles. The van der Waals surface area contributed by atoms with Gasteiger partial charge in [-0.1, -0.05) is 5.57 Å². The third kappa shape index (κ3) is 1.44. The summed E-state index contributed by atoms with van der Waals surface area (Å²) < 4.78 is 10.7. The van der Waals surface area contributed by atoms with Gasteiger partial charge in [-0.2, -0.15) is 0 Å². The van der Waals surface area contributed by atoms with Gasteiger partial charge in [0.15, 0.2) is 0 Å². The van der Waals surface area contributed by atoms with E-state index >= 15 is 0 Å². The van der Waals surface area contributed by atoms with E-state index in [9.17, 15) is 4.21 Å². The molecule has 1 rings (SSSR count). The summed E-state index contributed by atoms with van der Waals surface area (Å²) in [5.41, 5.74) is 1.29. The van der Waals surface area contributed by atoms with Crippen LogP contribution in [-0.4, -0.2) is 9.96 Å². The Morgan fingerprint density at radius 2 is 2.50 bits per heavy atom. The normalized spacial score (nSPS) is 29.6. The van der Waals surface area contributed by atoms with Crippen LogP contribution in [-0.2, 0) is 10.8 Å². The molecule has 1 nitrogen and oxygen atoms in total. The van der Waals surface area contributed by atoms with Crippen LogP contribution in [0, 0.1) is 0 Å². The van der Waals surface area contributed by atoms with Crippen molar-refractivity contribution in [3.63, 3.8) is 0 Å². The van der Waals surface area contributed by atoms with Crippen molar-refractivity contribution < 1.29 is 4.21 Å². The summed E-state index contributed by atoms with van der Waals surface area (Å²) in [4.78, 5) is 0. The molecule has 0 radical (unpaired) electrons. The highest BCUT2D eigenvalue weighted by Gasteiger charge is 2.02. The maximum atomic E-state index is 10.7. The molecule has 2 heteroatoms. The molecule has 1 unspecified atom stereocenters. The highest BCUT2D eigenvalue weighted by Crippen LogP contribution is 2.11. The van der Waals surface area contributed by atoms with Crippen molar-refractivity contribution in [2.75, 3.05) is 5.75 Å². The van der Waals surface area contributed by atoms with E-state index in [1.54, 1.807) is 0 Å². The average Bonchev–Trinajstić information content (AvgIpc) is 1.64. The first kappa shape index (κ1) is 6.02. The van der Waals surface area contributed by atoms with Gasteiger partial charge < -0.3 is 0 Å². The molecular weight excluding hydrogens is 120 g/mol. The monoisotopic (exact) mass is 130 g/mol. The van der Waals surface area contributed by atoms with Crippen LogP contribution < -0.4 is 0 Å². The SMILES string of the molecule is CC1=CS(=O)CCC1. The molecular formula is C6H10OS. The Hall–Kier alpha value is -0.110. The quantitative estimate of drug-likeness (QED) is 0.485. The minimum absolute atomic E-state index is 0.632. The summed E-state index contributed by atoms with van der Waals surface area (Å²) in [6.45, 7) is 2.04. The van der Waals surface area contributed by atoms with Crippen molar-refractivity contribution in [3.8, 4) is 0 Å². The van der Waals surface area contributed by atoms with E-state index in [4.69, 9.17) is 0 Å². The summed E-state index contributed by atoms with van der Waals surface area (Å²) in [7, 11) is -0.632. The fraction of sp³-hybridized carbons (Fsp3) is 0.667. The van der Waals surface area contributed by atoms with Crippen LogP contribution in [0.5, 0.6) is 0 Å². The molecule has 0 spiro atoms. The van der Waals surface area contributed by atoms with Gasteiger partial charge in [-0.15, -0.1) is 0 Å². The van der Waals surface area contributed by atoms with E-state index in [1.807, 2.05) is 12.3 Å². The van der Waals surface area contributed by atoms with Crippen LogP contribution in [0.3, 0.4) is 0 Å². The maximum Gasteiger partial charge on any atom is 0.0455 e. The van der Waals surface area contributed by atoms with Crippen molar-refractivity contribution in [2.24, 2.45) is 0 Å². The zero-order valence-electron chi connectivity index (χ0n) is 5.02. The molecule has 1 aliphatic rings. The van der Waals surface area contributed by atoms with E-state index in [-0.39, 0.29) is 0 Å².